The number of nitrogens with one attached hydrogen (secondary N) is 2. The number of rotatable bonds is 7. The van der Waals surface area contributed by atoms with Crippen LogP contribution in [0.2, 0.25) is 0 Å². The van der Waals surface area contributed by atoms with Gasteiger partial charge in [-0.3, -0.25) is 19.9 Å². The summed E-state index contributed by atoms with van der Waals surface area (Å²) in [5.41, 5.74) is 1.15. The van der Waals surface area contributed by atoms with E-state index in [1.165, 1.54) is 0 Å². The highest BCUT2D eigenvalue weighted by molar-refractivity contribution is 5.95. The Balaban J connectivity index is 1.46. The lowest BCUT2D eigenvalue weighted by Gasteiger charge is -2.36. The summed E-state index contributed by atoms with van der Waals surface area (Å²) in [6.45, 7) is 7.59. The average Bonchev–Trinajstić information content (AvgIpc) is 3.17. The maximum atomic E-state index is 11.9. The average molecular weight is 400 g/mol. The van der Waals surface area contributed by atoms with Crippen LogP contribution in [0.1, 0.15) is 37.2 Å². The van der Waals surface area contributed by atoms with Gasteiger partial charge in [0.05, 0.1) is 12.6 Å². The van der Waals surface area contributed by atoms with Crippen LogP contribution >= 0.6 is 0 Å². The summed E-state index contributed by atoms with van der Waals surface area (Å²) in [4.78, 5) is 32.2. The zero-order valence-corrected chi connectivity index (χ0v) is 16.9. The second-order valence-corrected chi connectivity index (χ2v) is 7.11. The maximum Gasteiger partial charge on any atom is 0.321 e. The molecule has 3 amide bonds. The van der Waals surface area contributed by atoms with Crippen LogP contribution < -0.4 is 10.6 Å². The number of aromatic nitrogens is 2. The molecule has 1 aromatic carbocycles. The largest absolute Gasteiger partial charge is 0.338 e. The number of nitrogens with zero attached hydrogens (tertiary/aromatic N) is 4. The number of benzene rings is 1. The number of carbonyl (C=O) groups is 2. The molecular weight excluding hydrogens is 372 g/mol. The Morgan fingerprint density at radius 3 is 2.59 bits per heavy atom. The van der Waals surface area contributed by atoms with Gasteiger partial charge in [0.1, 0.15) is 0 Å². The number of imide groups is 1. The highest BCUT2D eigenvalue weighted by atomic mass is 16.5. The molecule has 29 heavy (non-hydrogen) atoms. The third-order valence-electron chi connectivity index (χ3n) is 4.96. The molecule has 2 N–H and O–H groups in total. The van der Waals surface area contributed by atoms with Gasteiger partial charge in [-0.25, -0.2) is 4.79 Å². The molecular formula is C20H28N6O3. The highest BCUT2D eigenvalue weighted by Gasteiger charge is 2.26. The molecule has 1 aromatic heterocycles. The van der Waals surface area contributed by atoms with Crippen molar-refractivity contribution >= 4 is 11.9 Å². The lowest BCUT2D eigenvalue weighted by atomic mass is 10.1. The van der Waals surface area contributed by atoms with Crippen LogP contribution in [0.15, 0.2) is 34.9 Å². The third kappa shape index (κ3) is 6.10. The van der Waals surface area contributed by atoms with Crippen LogP contribution in [-0.4, -0.2) is 71.1 Å². The van der Waals surface area contributed by atoms with Crippen molar-refractivity contribution in [2.75, 3.05) is 39.3 Å². The molecule has 1 aliphatic rings. The van der Waals surface area contributed by atoms with E-state index in [2.05, 4.69) is 32.6 Å². The first kappa shape index (κ1) is 20.9. The van der Waals surface area contributed by atoms with E-state index in [4.69, 9.17) is 4.52 Å². The van der Waals surface area contributed by atoms with Crippen LogP contribution in [0.4, 0.5) is 4.79 Å². The Bertz CT molecular complexity index is 802. The van der Waals surface area contributed by atoms with Gasteiger partial charge in [0.2, 0.25) is 11.8 Å². The van der Waals surface area contributed by atoms with Gasteiger partial charge in [-0.15, -0.1) is 0 Å². The number of hydrogen-bond donors (Lipinski definition) is 2. The van der Waals surface area contributed by atoms with E-state index in [0.29, 0.717) is 24.7 Å². The Hall–Kier alpha value is -2.78. The van der Waals surface area contributed by atoms with Gasteiger partial charge in [0.15, 0.2) is 5.82 Å². The second-order valence-electron chi connectivity index (χ2n) is 7.11. The Morgan fingerprint density at radius 2 is 1.90 bits per heavy atom. The van der Waals surface area contributed by atoms with Crippen molar-refractivity contribution in [2.24, 2.45) is 0 Å². The molecule has 0 unspecified atom stereocenters. The molecule has 0 spiro atoms. The first-order valence-electron chi connectivity index (χ1n) is 9.95. The zero-order chi connectivity index (χ0) is 20.6. The predicted molar refractivity (Wildman–Crippen MR) is 107 cm³/mol. The lowest BCUT2D eigenvalue weighted by molar-refractivity contribution is -0.121. The van der Waals surface area contributed by atoms with Crippen molar-refractivity contribution < 1.29 is 14.1 Å². The number of hydrogen-bond acceptors (Lipinski definition) is 7. The molecule has 3 rings (SSSR count). The number of amides is 3. The van der Waals surface area contributed by atoms with E-state index in [9.17, 15) is 9.59 Å². The van der Waals surface area contributed by atoms with Crippen molar-refractivity contribution in [1.82, 2.24) is 30.6 Å². The van der Waals surface area contributed by atoms with Gasteiger partial charge in [0.25, 0.3) is 0 Å². The van der Waals surface area contributed by atoms with Crippen molar-refractivity contribution in [2.45, 2.75) is 26.3 Å². The van der Waals surface area contributed by atoms with Crippen LogP contribution in [0.25, 0.3) is 0 Å². The van der Waals surface area contributed by atoms with E-state index in [1.807, 2.05) is 35.2 Å². The monoisotopic (exact) mass is 400 g/mol. The third-order valence-corrected chi connectivity index (χ3v) is 4.96. The zero-order valence-electron chi connectivity index (χ0n) is 16.9. The summed E-state index contributed by atoms with van der Waals surface area (Å²) in [7, 11) is 0. The van der Waals surface area contributed by atoms with Gasteiger partial charge < -0.3 is 9.84 Å². The molecule has 1 atom stereocenters. The van der Waals surface area contributed by atoms with Crippen LogP contribution in [0, 0.1) is 0 Å². The first-order valence-corrected chi connectivity index (χ1v) is 9.95. The highest BCUT2D eigenvalue weighted by Crippen LogP contribution is 2.20. The molecule has 0 bridgehead atoms. The number of urea groups is 1. The molecule has 9 nitrogen and oxygen atoms in total. The van der Waals surface area contributed by atoms with Gasteiger partial charge in [-0.05, 0) is 19.4 Å². The molecule has 0 radical (unpaired) electrons. The molecule has 9 heteroatoms. The SMILES string of the molecule is CCNC(=O)NC(=O)CN1CCN([C@H](C)c2nc(Cc3ccccc3)no2)CC1. The fourth-order valence-corrected chi connectivity index (χ4v) is 3.33. The van der Waals surface area contributed by atoms with Crippen LogP contribution in [0.3, 0.4) is 0 Å². The Labute approximate surface area is 170 Å². The smallest absolute Gasteiger partial charge is 0.321 e. The Morgan fingerprint density at radius 1 is 1.17 bits per heavy atom. The first-order chi connectivity index (χ1) is 14.0. The molecule has 0 saturated carbocycles. The van der Waals surface area contributed by atoms with Gasteiger partial charge in [-0.2, -0.15) is 4.98 Å². The fourth-order valence-electron chi connectivity index (χ4n) is 3.33. The van der Waals surface area contributed by atoms with E-state index >= 15 is 0 Å². The molecule has 2 aromatic rings. The van der Waals surface area contributed by atoms with E-state index in [-0.39, 0.29) is 18.5 Å². The minimum Gasteiger partial charge on any atom is -0.338 e. The minimum atomic E-state index is -0.451. The number of piperazine rings is 1. The van der Waals surface area contributed by atoms with Gasteiger partial charge >= 0.3 is 6.03 Å². The quantitative estimate of drug-likeness (QED) is 0.719. The number of carbonyl (C=O) groups excluding carboxylic acids is 2. The van der Waals surface area contributed by atoms with Gasteiger partial charge in [0, 0.05) is 39.1 Å². The van der Waals surface area contributed by atoms with Crippen molar-refractivity contribution in [3.63, 3.8) is 0 Å². The summed E-state index contributed by atoms with van der Waals surface area (Å²) >= 11 is 0. The maximum absolute atomic E-state index is 11.9. The fraction of sp³-hybridized carbons (Fsp3) is 0.500. The van der Waals surface area contributed by atoms with Crippen molar-refractivity contribution in [3.05, 3.63) is 47.6 Å². The molecule has 1 aliphatic heterocycles. The van der Waals surface area contributed by atoms with Crippen molar-refractivity contribution in [1.29, 1.82) is 0 Å². The summed E-state index contributed by atoms with van der Waals surface area (Å²) in [6, 6.07) is 9.62. The van der Waals surface area contributed by atoms with Crippen LogP contribution in [0.5, 0.6) is 0 Å². The summed E-state index contributed by atoms with van der Waals surface area (Å²) in [5.74, 6) is 0.997. The standard InChI is InChI=1S/C20H28N6O3/c1-3-21-20(28)23-18(27)14-25-9-11-26(12-10-25)15(2)19-22-17(24-29-19)13-16-7-5-4-6-8-16/h4-8,15H,3,9-14H2,1-2H3,(H2,21,23,27,28)/t15-/m1/s1. The molecule has 156 valence electrons. The van der Waals surface area contributed by atoms with E-state index in [0.717, 1.165) is 31.7 Å². The van der Waals surface area contributed by atoms with Crippen LogP contribution in [-0.2, 0) is 11.2 Å². The normalized spacial score (nSPS) is 16.3. The molecule has 0 aliphatic carbocycles. The molecule has 2 heterocycles. The minimum absolute atomic E-state index is 0.0123. The van der Waals surface area contributed by atoms with E-state index < -0.39 is 6.03 Å². The second kappa shape index (κ2) is 10.1. The van der Waals surface area contributed by atoms with Crippen molar-refractivity contribution in [3.8, 4) is 0 Å². The molecule has 1 saturated heterocycles. The Kier molecular flexibility index (Phi) is 7.31. The van der Waals surface area contributed by atoms with Gasteiger partial charge in [-0.1, -0.05) is 35.5 Å². The van der Waals surface area contributed by atoms with E-state index in [1.54, 1.807) is 6.92 Å². The topological polar surface area (TPSA) is 104 Å². The summed E-state index contributed by atoms with van der Waals surface area (Å²) in [5, 5.41) is 8.99. The lowest BCUT2D eigenvalue weighted by Crippen LogP contribution is -2.51. The summed E-state index contributed by atoms with van der Waals surface area (Å²) < 4.78 is 5.49. The summed E-state index contributed by atoms with van der Waals surface area (Å²) in [6.07, 6.45) is 0.644. The predicted octanol–water partition coefficient (Wildman–Crippen LogP) is 1.18. The molecule has 1 fully saturated rings.